The van der Waals surface area contributed by atoms with E-state index in [-0.39, 0.29) is 5.91 Å². The zero-order chi connectivity index (χ0) is 13.0. The monoisotopic (exact) mass is 266 g/mol. The molecule has 2 rings (SSSR count). The predicted octanol–water partition coefficient (Wildman–Crippen LogP) is 2.00. The van der Waals surface area contributed by atoms with Crippen LogP contribution >= 0.6 is 11.3 Å². The van der Waals surface area contributed by atoms with Crippen LogP contribution < -0.4 is 16.4 Å². The van der Waals surface area contributed by atoms with Gasteiger partial charge in [-0.15, -0.1) is 6.58 Å². The molecular formula is C12H18N4OS. The summed E-state index contributed by atoms with van der Waals surface area (Å²) in [5.41, 5.74) is 5.76. The Morgan fingerprint density at radius 1 is 1.61 bits per heavy atom. The molecule has 5 nitrogen and oxygen atoms in total. The number of hydrogen-bond donors (Lipinski definition) is 3. The molecule has 0 atom stereocenters. The lowest BCUT2D eigenvalue weighted by atomic mass is 9.93. The highest BCUT2D eigenvalue weighted by atomic mass is 32.1. The lowest BCUT2D eigenvalue weighted by Gasteiger charge is -2.25. The molecular weight excluding hydrogens is 248 g/mol. The highest BCUT2D eigenvalue weighted by Gasteiger charge is 2.21. The largest absolute Gasteiger partial charge is 0.382 e. The van der Waals surface area contributed by atoms with Gasteiger partial charge < -0.3 is 16.4 Å². The third kappa shape index (κ3) is 3.01. The molecule has 1 aliphatic carbocycles. The van der Waals surface area contributed by atoms with E-state index in [9.17, 15) is 4.79 Å². The molecule has 1 saturated carbocycles. The van der Waals surface area contributed by atoms with E-state index in [0.717, 1.165) is 11.6 Å². The fourth-order valence-corrected chi connectivity index (χ4v) is 2.53. The van der Waals surface area contributed by atoms with Crippen LogP contribution in [0.1, 0.15) is 35.4 Å². The standard InChI is InChI=1S/C12H18N4OS/c1-2-3-7-14-11(17)9-10(13)16-12(18-9)15-8-5-4-6-8/h2,8H,1,3-7,13H2,(H,14,17)(H,15,16). The molecule has 98 valence electrons. The van der Waals surface area contributed by atoms with Gasteiger partial charge in [-0.2, -0.15) is 0 Å². The summed E-state index contributed by atoms with van der Waals surface area (Å²) in [7, 11) is 0. The fraction of sp³-hybridized carbons (Fsp3) is 0.500. The van der Waals surface area contributed by atoms with Crippen LogP contribution in [0.4, 0.5) is 10.9 Å². The number of nitrogen functional groups attached to an aromatic ring is 1. The van der Waals surface area contributed by atoms with Crippen molar-refractivity contribution in [2.24, 2.45) is 0 Å². The fourth-order valence-electron chi connectivity index (χ4n) is 1.65. The summed E-state index contributed by atoms with van der Waals surface area (Å²) in [5.74, 6) is 0.145. The van der Waals surface area contributed by atoms with Crippen molar-refractivity contribution in [2.45, 2.75) is 31.7 Å². The van der Waals surface area contributed by atoms with E-state index in [0.29, 0.717) is 23.3 Å². The maximum absolute atomic E-state index is 11.8. The summed E-state index contributed by atoms with van der Waals surface area (Å²) < 4.78 is 0. The SMILES string of the molecule is C=CCCNC(=O)c1sc(NC2CCC2)nc1N. The van der Waals surface area contributed by atoms with Gasteiger partial charge in [0, 0.05) is 12.6 Å². The number of aromatic nitrogens is 1. The minimum atomic E-state index is -0.159. The normalized spacial score (nSPS) is 14.9. The maximum atomic E-state index is 11.8. The highest BCUT2D eigenvalue weighted by molar-refractivity contribution is 7.18. The molecule has 0 aromatic carbocycles. The van der Waals surface area contributed by atoms with Crippen molar-refractivity contribution in [3.63, 3.8) is 0 Å². The Labute approximate surface area is 110 Å². The van der Waals surface area contributed by atoms with Gasteiger partial charge in [0.1, 0.15) is 10.7 Å². The van der Waals surface area contributed by atoms with Crippen molar-refractivity contribution in [1.82, 2.24) is 10.3 Å². The maximum Gasteiger partial charge on any atom is 0.265 e. The minimum Gasteiger partial charge on any atom is -0.382 e. The number of amides is 1. The van der Waals surface area contributed by atoms with Crippen LogP contribution in [0, 0.1) is 0 Å². The van der Waals surface area contributed by atoms with Gasteiger partial charge in [0.2, 0.25) is 0 Å². The zero-order valence-electron chi connectivity index (χ0n) is 10.2. The highest BCUT2D eigenvalue weighted by Crippen LogP contribution is 2.29. The number of anilines is 2. The molecule has 0 spiro atoms. The van der Waals surface area contributed by atoms with Gasteiger partial charge in [-0.05, 0) is 25.7 Å². The van der Waals surface area contributed by atoms with Gasteiger partial charge in [0.15, 0.2) is 5.13 Å². The molecule has 1 aromatic rings. The summed E-state index contributed by atoms with van der Waals surface area (Å²) in [4.78, 5) is 16.5. The summed E-state index contributed by atoms with van der Waals surface area (Å²) in [6.07, 6.45) is 6.10. The van der Waals surface area contributed by atoms with Gasteiger partial charge >= 0.3 is 0 Å². The molecule has 0 radical (unpaired) electrons. The Morgan fingerprint density at radius 2 is 2.39 bits per heavy atom. The molecule has 0 aliphatic heterocycles. The van der Waals surface area contributed by atoms with Crippen molar-refractivity contribution in [1.29, 1.82) is 0 Å². The van der Waals surface area contributed by atoms with E-state index < -0.39 is 0 Å². The smallest absolute Gasteiger partial charge is 0.265 e. The molecule has 1 heterocycles. The minimum absolute atomic E-state index is 0.159. The second kappa shape index (κ2) is 5.86. The average Bonchev–Trinajstić information content (AvgIpc) is 2.65. The molecule has 0 unspecified atom stereocenters. The van der Waals surface area contributed by atoms with E-state index in [1.807, 2.05) is 0 Å². The van der Waals surface area contributed by atoms with E-state index in [1.54, 1.807) is 6.08 Å². The Morgan fingerprint density at radius 3 is 3.00 bits per heavy atom. The lowest BCUT2D eigenvalue weighted by Crippen LogP contribution is -2.26. The van der Waals surface area contributed by atoms with Crippen LogP contribution in [-0.2, 0) is 0 Å². The number of nitrogens with two attached hydrogens (primary N) is 1. The van der Waals surface area contributed by atoms with Crippen LogP contribution in [0.25, 0.3) is 0 Å². The first-order chi connectivity index (χ1) is 8.70. The Balaban J connectivity index is 1.94. The van der Waals surface area contributed by atoms with E-state index in [1.165, 1.54) is 30.6 Å². The molecule has 6 heteroatoms. The first-order valence-corrected chi connectivity index (χ1v) is 6.94. The van der Waals surface area contributed by atoms with Crippen molar-refractivity contribution < 1.29 is 4.79 Å². The third-order valence-corrected chi connectivity index (χ3v) is 3.93. The topological polar surface area (TPSA) is 80.0 Å². The quantitative estimate of drug-likeness (QED) is 0.543. The first-order valence-electron chi connectivity index (χ1n) is 6.12. The molecule has 0 bridgehead atoms. The third-order valence-electron chi connectivity index (χ3n) is 2.93. The number of hydrogen-bond acceptors (Lipinski definition) is 5. The van der Waals surface area contributed by atoms with Gasteiger partial charge in [0.25, 0.3) is 5.91 Å². The predicted molar refractivity (Wildman–Crippen MR) is 74.9 cm³/mol. The first kappa shape index (κ1) is 12.9. The van der Waals surface area contributed by atoms with E-state index in [4.69, 9.17) is 5.73 Å². The van der Waals surface area contributed by atoms with E-state index >= 15 is 0 Å². The molecule has 1 aliphatic rings. The van der Waals surface area contributed by atoms with Crippen LogP contribution in [-0.4, -0.2) is 23.5 Å². The summed E-state index contributed by atoms with van der Waals surface area (Å²) in [6.45, 7) is 4.18. The Hall–Kier alpha value is -1.56. The number of nitrogens with one attached hydrogen (secondary N) is 2. The van der Waals surface area contributed by atoms with Crippen molar-refractivity contribution in [3.8, 4) is 0 Å². The van der Waals surface area contributed by atoms with Gasteiger partial charge in [-0.25, -0.2) is 4.98 Å². The van der Waals surface area contributed by atoms with E-state index in [2.05, 4.69) is 22.2 Å². The molecule has 0 saturated heterocycles. The van der Waals surface area contributed by atoms with Crippen LogP contribution in [0.3, 0.4) is 0 Å². The Bertz CT molecular complexity index is 439. The molecule has 18 heavy (non-hydrogen) atoms. The number of carbonyl (C=O) groups is 1. The Kier molecular flexibility index (Phi) is 4.19. The molecule has 4 N–H and O–H groups in total. The molecule has 1 aromatic heterocycles. The van der Waals surface area contributed by atoms with Crippen molar-refractivity contribution in [3.05, 3.63) is 17.5 Å². The van der Waals surface area contributed by atoms with Crippen molar-refractivity contribution in [2.75, 3.05) is 17.6 Å². The van der Waals surface area contributed by atoms with Crippen LogP contribution in [0.5, 0.6) is 0 Å². The van der Waals surface area contributed by atoms with Crippen LogP contribution in [0.15, 0.2) is 12.7 Å². The molecule has 1 fully saturated rings. The number of carbonyl (C=O) groups excluding carboxylic acids is 1. The van der Waals surface area contributed by atoms with Gasteiger partial charge in [-0.3, -0.25) is 4.79 Å². The molecule has 1 amide bonds. The second-order valence-corrected chi connectivity index (χ2v) is 5.34. The summed E-state index contributed by atoms with van der Waals surface area (Å²) in [6, 6.07) is 0.493. The van der Waals surface area contributed by atoms with Crippen molar-refractivity contribution >= 4 is 28.2 Å². The summed E-state index contributed by atoms with van der Waals surface area (Å²) in [5, 5.41) is 6.82. The van der Waals surface area contributed by atoms with Gasteiger partial charge in [-0.1, -0.05) is 17.4 Å². The lowest BCUT2D eigenvalue weighted by molar-refractivity contribution is 0.0959. The van der Waals surface area contributed by atoms with Gasteiger partial charge in [0.05, 0.1) is 0 Å². The zero-order valence-corrected chi connectivity index (χ0v) is 11.1. The average molecular weight is 266 g/mol. The number of nitrogens with zero attached hydrogens (tertiary/aromatic N) is 1. The second-order valence-electron chi connectivity index (χ2n) is 4.34. The number of thiazole rings is 1. The number of rotatable bonds is 6. The van der Waals surface area contributed by atoms with Crippen LogP contribution in [0.2, 0.25) is 0 Å². The summed E-state index contributed by atoms with van der Waals surface area (Å²) >= 11 is 1.32.